The number of rotatable bonds is 5. The molecule has 0 amide bonds. The van der Waals surface area contributed by atoms with E-state index in [9.17, 15) is 4.79 Å². The van der Waals surface area contributed by atoms with Crippen molar-refractivity contribution in [2.45, 2.75) is 33.7 Å². The lowest BCUT2D eigenvalue weighted by atomic mass is 10.1. The van der Waals surface area contributed by atoms with Crippen molar-refractivity contribution in [1.29, 1.82) is 0 Å². The third kappa shape index (κ3) is 3.19. The molecule has 5 nitrogen and oxygen atoms in total. The molecule has 2 aromatic rings. The van der Waals surface area contributed by atoms with Gasteiger partial charge in [-0.3, -0.25) is 0 Å². The molecule has 1 atom stereocenters. The van der Waals surface area contributed by atoms with Crippen LogP contribution in [0.25, 0.3) is 0 Å². The van der Waals surface area contributed by atoms with E-state index in [0.29, 0.717) is 17.4 Å². The number of ether oxygens (including phenoxy) is 1. The van der Waals surface area contributed by atoms with E-state index in [1.807, 2.05) is 26.8 Å². The molecule has 2 heterocycles. The molecule has 0 aliphatic rings. The van der Waals surface area contributed by atoms with Gasteiger partial charge in [0.2, 0.25) is 0 Å². The molecule has 0 saturated heterocycles. The van der Waals surface area contributed by atoms with Gasteiger partial charge in [0.15, 0.2) is 10.8 Å². The van der Waals surface area contributed by atoms with Crippen molar-refractivity contribution in [2.75, 3.05) is 11.9 Å². The van der Waals surface area contributed by atoms with Crippen LogP contribution in [0.1, 0.15) is 47.5 Å². The van der Waals surface area contributed by atoms with Crippen molar-refractivity contribution in [2.24, 2.45) is 0 Å². The molecule has 1 N–H and O–H groups in total. The zero-order valence-electron chi connectivity index (χ0n) is 12.0. The van der Waals surface area contributed by atoms with E-state index in [0.717, 1.165) is 17.1 Å². The maximum atomic E-state index is 11.6. The van der Waals surface area contributed by atoms with Crippen molar-refractivity contribution in [3.63, 3.8) is 0 Å². The lowest BCUT2D eigenvalue weighted by molar-refractivity contribution is 0.0520. The minimum Gasteiger partial charge on any atom is -0.466 e. The van der Waals surface area contributed by atoms with E-state index in [1.165, 1.54) is 11.3 Å². The van der Waals surface area contributed by atoms with Crippen molar-refractivity contribution in [1.82, 2.24) is 4.98 Å². The topological polar surface area (TPSA) is 64.4 Å². The minimum absolute atomic E-state index is 0.0636. The van der Waals surface area contributed by atoms with Crippen molar-refractivity contribution in [3.05, 3.63) is 34.2 Å². The second-order valence-corrected chi connectivity index (χ2v) is 5.35. The average Bonchev–Trinajstić information content (AvgIpc) is 2.96. The SMILES string of the molecule is CCOC(=O)c1csc(NC(C)c2cc(C)oc2C)n1. The van der Waals surface area contributed by atoms with Gasteiger partial charge in [0, 0.05) is 10.9 Å². The molecule has 0 spiro atoms. The molecular formula is C14H18N2O3S. The number of aryl methyl sites for hydroxylation is 2. The molecule has 0 radical (unpaired) electrons. The third-order valence-corrected chi connectivity index (χ3v) is 3.65. The number of hydrogen-bond acceptors (Lipinski definition) is 6. The number of esters is 1. The van der Waals surface area contributed by atoms with Crippen LogP contribution in [0.4, 0.5) is 5.13 Å². The van der Waals surface area contributed by atoms with Crippen LogP contribution in [0.15, 0.2) is 15.9 Å². The van der Waals surface area contributed by atoms with Gasteiger partial charge in [-0.25, -0.2) is 9.78 Å². The fourth-order valence-electron chi connectivity index (χ4n) is 1.98. The number of furan rings is 1. The second-order valence-electron chi connectivity index (χ2n) is 4.49. The molecule has 20 heavy (non-hydrogen) atoms. The smallest absolute Gasteiger partial charge is 0.357 e. The van der Waals surface area contributed by atoms with Gasteiger partial charge in [0.25, 0.3) is 0 Å². The Labute approximate surface area is 122 Å². The van der Waals surface area contributed by atoms with Crippen LogP contribution in [-0.2, 0) is 4.74 Å². The Kier molecular flexibility index (Phi) is 4.44. The van der Waals surface area contributed by atoms with Crippen LogP contribution >= 0.6 is 11.3 Å². The van der Waals surface area contributed by atoms with E-state index < -0.39 is 0 Å². The summed E-state index contributed by atoms with van der Waals surface area (Å²) in [5, 5.41) is 5.66. The van der Waals surface area contributed by atoms with Crippen LogP contribution in [0, 0.1) is 13.8 Å². The first-order valence-electron chi connectivity index (χ1n) is 6.47. The summed E-state index contributed by atoms with van der Waals surface area (Å²) in [4.78, 5) is 15.8. The number of nitrogens with zero attached hydrogens (tertiary/aromatic N) is 1. The molecule has 108 valence electrons. The lowest BCUT2D eigenvalue weighted by Gasteiger charge is -2.11. The largest absolute Gasteiger partial charge is 0.466 e. The van der Waals surface area contributed by atoms with Gasteiger partial charge >= 0.3 is 5.97 Å². The standard InChI is InChI=1S/C14H18N2O3S/c1-5-18-13(17)12-7-20-14(16-12)15-9(3)11-6-8(2)19-10(11)4/h6-7,9H,5H2,1-4H3,(H,15,16). The summed E-state index contributed by atoms with van der Waals surface area (Å²) in [6.07, 6.45) is 0. The van der Waals surface area contributed by atoms with Gasteiger partial charge in [-0.15, -0.1) is 11.3 Å². The minimum atomic E-state index is -0.389. The molecule has 0 fully saturated rings. The zero-order chi connectivity index (χ0) is 14.7. The number of anilines is 1. The van der Waals surface area contributed by atoms with Gasteiger partial charge in [0.1, 0.15) is 11.5 Å². The quantitative estimate of drug-likeness (QED) is 0.852. The van der Waals surface area contributed by atoms with Crippen LogP contribution in [0.2, 0.25) is 0 Å². The fourth-order valence-corrected chi connectivity index (χ4v) is 2.75. The van der Waals surface area contributed by atoms with Crippen LogP contribution in [0.3, 0.4) is 0 Å². The predicted octanol–water partition coefficient (Wildman–Crippen LogP) is 3.70. The van der Waals surface area contributed by atoms with Crippen LogP contribution in [-0.4, -0.2) is 17.6 Å². The highest BCUT2D eigenvalue weighted by Crippen LogP contribution is 2.26. The number of aromatic nitrogens is 1. The van der Waals surface area contributed by atoms with Gasteiger partial charge < -0.3 is 14.5 Å². The predicted molar refractivity (Wildman–Crippen MR) is 78.3 cm³/mol. The molecular weight excluding hydrogens is 276 g/mol. The first kappa shape index (κ1) is 14.6. The lowest BCUT2D eigenvalue weighted by Crippen LogP contribution is -2.08. The molecule has 0 aliphatic carbocycles. The Balaban J connectivity index is 2.07. The Morgan fingerprint density at radius 1 is 1.55 bits per heavy atom. The highest BCUT2D eigenvalue weighted by molar-refractivity contribution is 7.13. The summed E-state index contributed by atoms with van der Waals surface area (Å²) in [5.74, 6) is 1.39. The summed E-state index contributed by atoms with van der Waals surface area (Å²) in [6.45, 7) is 8.01. The van der Waals surface area contributed by atoms with Crippen molar-refractivity contribution >= 4 is 22.4 Å². The van der Waals surface area contributed by atoms with Crippen molar-refractivity contribution in [3.8, 4) is 0 Å². The molecule has 2 rings (SSSR count). The summed E-state index contributed by atoms with van der Waals surface area (Å²) in [5.41, 5.74) is 1.43. The second kappa shape index (κ2) is 6.09. The van der Waals surface area contributed by atoms with Gasteiger partial charge in [-0.2, -0.15) is 0 Å². The molecule has 0 aromatic carbocycles. The maximum Gasteiger partial charge on any atom is 0.357 e. The van der Waals surface area contributed by atoms with Gasteiger partial charge in [-0.05, 0) is 33.8 Å². The maximum absolute atomic E-state index is 11.6. The number of carbonyl (C=O) groups is 1. The highest BCUT2D eigenvalue weighted by Gasteiger charge is 2.16. The third-order valence-electron chi connectivity index (χ3n) is 2.87. The first-order chi connectivity index (χ1) is 9.51. The molecule has 6 heteroatoms. The van der Waals surface area contributed by atoms with E-state index in [4.69, 9.17) is 9.15 Å². The number of nitrogens with one attached hydrogen (secondary N) is 1. The summed E-state index contributed by atoms with van der Waals surface area (Å²) in [7, 11) is 0. The van der Waals surface area contributed by atoms with E-state index in [1.54, 1.807) is 12.3 Å². The average molecular weight is 294 g/mol. The number of thiazole rings is 1. The van der Waals surface area contributed by atoms with Crippen LogP contribution < -0.4 is 5.32 Å². The van der Waals surface area contributed by atoms with Gasteiger partial charge in [0.05, 0.1) is 12.6 Å². The summed E-state index contributed by atoms with van der Waals surface area (Å²) in [6, 6.07) is 2.07. The molecule has 1 unspecified atom stereocenters. The molecule has 0 aliphatic heterocycles. The van der Waals surface area contributed by atoms with E-state index in [-0.39, 0.29) is 12.0 Å². The highest BCUT2D eigenvalue weighted by atomic mass is 32.1. The zero-order valence-corrected chi connectivity index (χ0v) is 12.8. The van der Waals surface area contributed by atoms with E-state index >= 15 is 0 Å². The summed E-state index contributed by atoms with van der Waals surface area (Å²) < 4.78 is 10.4. The van der Waals surface area contributed by atoms with Crippen molar-refractivity contribution < 1.29 is 13.9 Å². The normalized spacial score (nSPS) is 12.2. The molecule has 2 aromatic heterocycles. The first-order valence-corrected chi connectivity index (χ1v) is 7.35. The Morgan fingerprint density at radius 3 is 2.90 bits per heavy atom. The Hall–Kier alpha value is -1.82. The Bertz CT molecular complexity index is 603. The molecule has 0 saturated carbocycles. The number of carbonyl (C=O) groups excluding carboxylic acids is 1. The molecule has 0 bridgehead atoms. The monoisotopic (exact) mass is 294 g/mol. The fraction of sp³-hybridized carbons (Fsp3) is 0.429. The van der Waals surface area contributed by atoms with Crippen LogP contribution in [0.5, 0.6) is 0 Å². The summed E-state index contributed by atoms with van der Waals surface area (Å²) >= 11 is 1.39. The Morgan fingerprint density at radius 2 is 2.30 bits per heavy atom. The van der Waals surface area contributed by atoms with Gasteiger partial charge in [-0.1, -0.05) is 0 Å². The van der Waals surface area contributed by atoms with E-state index in [2.05, 4.69) is 10.3 Å². The number of hydrogen-bond donors (Lipinski definition) is 1.